The first-order valence-corrected chi connectivity index (χ1v) is 5.76. The highest BCUT2D eigenvalue weighted by Crippen LogP contribution is 2.12. The van der Waals surface area contributed by atoms with Gasteiger partial charge in [-0.3, -0.25) is 0 Å². The van der Waals surface area contributed by atoms with E-state index in [0.29, 0.717) is 6.54 Å². The highest BCUT2D eigenvalue weighted by molar-refractivity contribution is 5.47. The molecule has 0 amide bonds. The van der Waals surface area contributed by atoms with Gasteiger partial charge >= 0.3 is 0 Å². The highest BCUT2D eigenvalue weighted by atomic mass is 16.3. The van der Waals surface area contributed by atoms with Gasteiger partial charge in [0.15, 0.2) is 0 Å². The van der Waals surface area contributed by atoms with Crippen LogP contribution in [0.1, 0.15) is 26.1 Å². The first kappa shape index (κ1) is 12.7. The maximum absolute atomic E-state index is 8.75. The molecule has 0 fully saturated rings. The van der Waals surface area contributed by atoms with Crippen molar-refractivity contribution in [3.8, 4) is 0 Å². The molecule has 5 nitrogen and oxygen atoms in total. The van der Waals surface area contributed by atoms with Crippen molar-refractivity contribution < 1.29 is 5.11 Å². The van der Waals surface area contributed by atoms with Crippen LogP contribution in [0, 0.1) is 0 Å². The van der Waals surface area contributed by atoms with Crippen molar-refractivity contribution >= 4 is 11.6 Å². The predicted octanol–water partition coefficient (Wildman–Crippen LogP) is 1.27. The maximum atomic E-state index is 8.75. The van der Waals surface area contributed by atoms with Gasteiger partial charge in [0.1, 0.15) is 17.5 Å². The summed E-state index contributed by atoms with van der Waals surface area (Å²) in [7, 11) is 0. The quantitative estimate of drug-likeness (QED) is 0.650. The molecule has 0 bridgehead atoms. The lowest BCUT2D eigenvalue weighted by atomic mass is 10.3. The van der Waals surface area contributed by atoms with E-state index in [1.807, 2.05) is 13.0 Å². The average molecular weight is 224 g/mol. The first-order valence-electron chi connectivity index (χ1n) is 5.76. The molecule has 0 aliphatic carbocycles. The zero-order chi connectivity index (χ0) is 11.8. The Hall–Kier alpha value is -1.36. The van der Waals surface area contributed by atoms with E-state index in [1.54, 1.807) is 0 Å². The van der Waals surface area contributed by atoms with Crippen LogP contribution in [0.4, 0.5) is 11.6 Å². The molecule has 3 N–H and O–H groups in total. The highest BCUT2D eigenvalue weighted by Gasteiger charge is 2.03. The first-order chi connectivity index (χ1) is 7.80. The number of aromatic nitrogens is 2. The Bertz CT molecular complexity index is 293. The van der Waals surface area contributed by atoms with Gasteiger partial charge in [-0.25, -0.2) is 9.97 Å². The molecule has 5 heteroatoms. The van der Waals surface area contributed by atoms with Gasteiger partial charge in [0.25, 0.3) is 0 Å². The van der Waals surface area contributed by atoms with E-state index in [9.17, 15) is 0 Å². The van der Waals surface area contributed by atoms with Crippen molar-refractivity contribution in [2.75, 3.05) is 30.3 Å². The Morgan fingerprint density at radius 3 is 2.44 bits per heavy atom. The summed E-state index contributed by atoms with van der Waals surface area (Å²) >= 11 is 0. The van der Waals surface area contributed by atoms with Crippen LogP contribution < -0.4 is 10.6 Å². The Kier molecular flexibility index (Phi) is 5.56. The molecule has 0 unspecified atom stereocenters. The molecule has 0 radical (unpaired) electrons. The molecule has 0 aliphatic heterocycles. The van der Waals surface area contributed by atoms with Crippen molar-refractivity contribution in [3.05, 3.63) is 11.9 Å². The third-order valence-electron chi connectivity index (χ3n) is 2.02. The second-order valence-corrected chi connectivity index (χ2v) is 3.49. The molecule has 1 aromatic heterocycles. The normalized spacial score (nSPS) is 10.2. The van der Waals surface area contributed by atoms with Gasteiger partial charge in [0.05, 0.1) is 6.61 Å². The lowest BCUT2D eigenvalue weighted by Crippen LogP contribution is -2.10. The third kappa shape index (κ3) is 4.02. The molecule has 1 rings (SSSR count). The van der Waals surface area contributed by atoms with E-state index in [4.69, 9.17) is 5.11 Å². The van der Waals surface area contributed by atoms with E-state index in [2.05, 4.69) is 27.5 Å². The van der Waals surface area contributed by atoms with Crippen LogP contribution in [0.3, 0.4) is 0 Å². The molecule has 0 atom stereocenters. The molecule has 0 spiro atoms. The van der Waals surface area contributed by atoms with Crippen LogP contribution in [-0.2, 0) is 6.42 Å². The van der Waals surface area contributed by atoms with Gasteiger partial charge in [-0.15, -0.1) is 0 Å². The zero-order valence-corrected chi connectivity index (χ0v) is 9.95. The van der Waals surface area contributed by atoms with Crippen LogP contribution in [0.2, 0.25) is 0 Å². The molecule has 16 heavy (non-hydrogen) atoms. The van der Waals surface area contributed by atoms with Gasteiger partial charge < -0.3 is 15.7 Å². The minimum absolute atomic E-state index is 0.101. The number of hydrogen-bond acceptors (Lipinski definition) is 5. The molecule has 0 saturated heterocycles. The summed E-state index contributed by atoms with van der Waals surface area (Å²) in [6.07, 6.45) is 1.89. The number of aliphatic hydroxyl groups is 1. The summed E-state index contributed by atoms with van der Waals surface area (Å²) in [5.74, 6) is 2.44. The molecule has 90 valence electrons. The Labute approximate surface area is 96.3 Å². The van der Waals surface area contributed by atoms with Crippen LogP contribution in [0.25, 0.3) is 0 Å². The zero-order valence-electron chi connectivity index (χ0n) is 9.95. The van der Waals surface area contributed by atoms with E-state index in [1.165, 1.54) is 0 Å². The van der Waals surface area contributed by atoms with Gasteiger partial charge in [0.2, 0.25) is 0 Å². The van der Waals surface area contributed by atoms with Crippen LogP contribution in [-0.4, -0.2) is 34.8 Å². The Morgan fingerprint density at radius 2 is 1.88 bits per heavy atom. The van der Waals surface area contributed by atoms with Crippen molar-refractivity contribution in [2.45, 2.75) is 26.7 Å². The number of rotatable bonds is 7. The van der Waals surface area contributed by atoms with Gasteiger partial charge in [0, 0.05) is 25.6 Å². The van der Waals surface area contributed by atoms with E-state index < -0.39 is 0 Å². The molecular formula is C11H20N4O. The lowest BCUT2D eigenvalue weighted by molar-refractivity contribution is 0.311. The average Bonchev–Trinajstić information content (AvgIpc) is 2.27. The molecule has 0 aromatic carbocycles. The fraction of sp³-hybridized carbons (Fsp3) is 0.636. The fourth-order valence-electron chi connectivity index (χ4n) is 1.38. The van der Waals surface area contributed by atoms with Crippen molar-refractivity contribution in [1.82, 2.24) is 9.97 Å². The molecule has 0 aliphatic rings. The third-order valence-corrected chi connectivity index (χ3v) is 2.02. The van der Waals surface area contributed by atoms with Crippen LogP contribution >= 0.6 is 0 Å². The molecule has 1 aromatic rings. The molecule has 0 saturated carbocycles. The van der Waals surface area contributed by atoms with Crippen molar-refractivity contribution in [2.24, 2.45) is 0 Å². The van der Waals surface area contributed by atoms with Gasteiger partial charge in [-0.2, -0.15) is 0 Å². The minimum Gasteiger partial charge on any atom is -0.395 e. The van der Waals surface area contributed by atoms with E-state index >= 15 is 0 Å². The number of hydrogen-bond donors (Lipinski definition) is 3. The largest absolute Gasteiger partial charge is 0.395 e. The minimum atomic E-state index is 0.101. The van der Waals surface area contributed by atoms with E-state index in [0.717, 1.165) is 36.8 Å². The number of nitrogens with one attached hydrogen (secondary N) is 2. The van der Waals surface area contributed by atoms with Crippen LogP contribution in [0.15, 0.2) is 6.07 Å². The summed E-state index contributed by atoms with van der Waals surface area (Å²) < 4.78 is 0. The molecule has 1 heterocycles. The molecular weight excluding hydrogens is 204 g/mol. The second-order valence-electron chi connectivity index (χ2n) is 3.49. The number of aliphatic hydroxyl groups excluding tert-OH is 1. The van der Waals surface area contributed by atoms with Crippen LogP contribution in [0.5, 0.6) is 0 Å². The monoisotopic (exact) mass is 224 g/mol. The van der Waals surface area contributed by atoms with Crippen molar-refractivity contribution in [3.63, 3.8) is 0 Å². The number of anilines is 2. The van der Waals surface area contributed by atoms with Gasteiger partial charge in [-0.05, 0) is 13.3 Å². The SMILES string of the molecule is CCCc1nc(NCC)cc(NCCO)n1. The second kappa shape index (κ2) is 7.00. The maximum Gasteiger partial charge on any atom is 0.133 e. The number of aryl methyl sites for hydroxylation is 1. The summed E-state index contributed by atoms with van der Waals surface area (Å²) in [6.45, 7) is 5.58. The fourth-order valence-corrected chi connectivity index (χ4v) is 1.38. The smallest absolute Gasteiger partial charge is 0.133 e. The predicted molar refractivity (Wildman–Crippen MR) is 65.8 cm³/mol. The lowest BCUT2D eigenvalue weighted by Gasteiger charge is -2.09. The summed E-state index contributed by atoms with van der Waals surface area (Å²) in [6, 6.07) is 1.86. The summed E-state index contributed by atoms with van der Waals surface area (Å²) in [5, 5.41) is 15.0. The van der Waals surface area contributed by atoms with Crippen molar-refractivity contribution in [1.29, 1.82) is 0 Å². The van der Waals surface area contributed by atoms with E-state index in [-0.39, 0.29) is 6.61 Å². The summed E-state index contributed by atoms with van der Waals surface area (Å²) in [5.41, 5.74) is 0. The van der Waals surface area contributed by atoms with Gasteiger partial charge in [-0.1, -0.05) is 6.92 Å². The summed E-state index contributed by atoms with van der Waals surface area (Å²) in [4.78, 5) is 8.77. The Balaban J connectivity index is 2.80. The number of nitrogens with zero attached hydrogens (tertiary/aromatic N) is 2. The topological polar surface area (TPSA) is 70.1 Å². The standard InChI is InChI=1S/C11H20N4O/c1-3-5-9-14-10(12-4-2)8-11(15-9)13-6-7-16/h8,16H,3-7H2,1-2H3,(H2,12,13,14,15). The Morgan fingerprint density at radius 1 is 1.19 bits per heavy atom.